The van der Waals surface area contributed by atoms with Crippen molar-refractivity contribution in [3.63, 3.8) is 0 Å². The Bertz CT molecular complexity index is 1020. The first-order chi connectivity index (χ1) is 13.0. The number of methoxy groups -OCH3 is 1. The minimum absolute atomic E-state index is 0.0282. The Labute approximate surface area is 161 Å². The third kappa shape index (κ3) is 4.83. The Hall–Kier alpha value is -2.91. The molecule has 1 aromatic heterocycles. The molecule has 0 radical (unpaired) electrons. The Kier molecular flexibility index (Phi) is 5.72. The summed E-state index contributed by atoms with van der Waals surface area (Å²) in [4.78, 5) is 16.1. The number of ether oxygens (including phenoxy) is 1. The molecule has 0 saturated heterocycles. The molecule has 0 spiro atoms. The summed E-state index contributed by atoms with van der Waals surface area (Å²) >= 11 is 1.14. The van der Waals surface area contributed by atoms with E-state index in [4.69, 9.17) is 4.74 Å². The third-order valence-electron chi connectivity index (χ3n) is 3.60. The first-order valence-electron chi connectivity index (χ1n) is 7.87. The lowest BCUT2D eigenvalue weighted by molar-refractivity contribution is -0.115. The van der Waals surface area contributed by atoms with Crippen LogP contribution in [-0.2, 0) is 21.2 Å². The van der Waals surface area contributed by atoms with Gasteiger partial charge in [-0.25, -0.2) is 8.42 Å². The Morgan fingerprint density at radius 1 is 1.19 bits per heavy atom. The van der Waals surface area contributed by atoms with E-state index >= 15 is 0 Å². The number of amides is 1. The predicted molar refractivity (Wildman–Crippen MR) is 104 cm³/mol. The van der Waals surface area contributed by atoms with Gasteiger partial charge in [-0.2, -0.15) is 11.3 Å². The summed E-state index contributed by atoms with van der Waals surface area (Å²) in [5.41, 5.74) is 1.25. The van der Waals surface area contributed by atoms with E-state index in [0.29, 0.717) is 11.4 Å². The highest BCUT2D eigenvalue weighted by molar-refractivity contribution is 7.94. The van der Waals surface area contributed by atoms with Gasteiger partial charge in [-0.15, -0.1) is 0 Å². The van der Waals surface area contributed by atoms with Gasteiger partial charge in [-0.1, -0.05) is 24.4 Å². The highest BCUT2D eigenvalue weighted by atomic mass is 32.2. The van der Waals surface area contributed by atoms with Crippen LogP contribution in [-0.4, -0.2) is 26.4 Å². The fourth-order valence-corrected chi connectivity index (χ4v) is 4.02. The maximum Gasteiger partial charge on any atom is 0.228 e. The first-order valence-corrected chi connectivity index (χ1v) is 10.2. The molecule has 3 aromatic rings. The van der Waals surface area contributed by atoms with Crippen molar-refractivity contribution in [2.75, 3.05) is 12.4 Å². The molecule has 27 heavy (non-hydrogen) atoms. The van der Waals surface area contributed by atoms with Crippen molar-refractivity contribution in [3.05, 3.63) is 70.4 Å². The summed E-state index contributed by atoms with van der Waals surface area (Å²) in [5, 5.41) is 4.55. The fourth-order valence-electron chi connectivity index (χ4n) is 2.35. The van der Waals surface area contributed by atoms with E-state index in [1.165, 1.54) is 30.5 Å². The number of carbonyl (C=O) groups excluding carboxylic acids is 1. The van der Waals surface area contributed by atoms with Gasteiger partial charge in [-0.05, 0) is 35.7 Å². The largest absolute Gasteiger partial charge is 0.496 e. The molecule has 3 rings (SSSR count). The Morgan fingerprint density at radius 2 is 1.93 bits per heavy atom. The molecule has 1 amide bonds. The zero-order valence-electron chi connectivity index (χ0n) is 14.3. The minimum Gasteiger partial charge on any atom is -0.496 e. The van der Waals surface area contributed by atoms with E-state index in [1.54, 1.807) is 18.6 Å². The molecule has 7 nitrogen and oxygen atoms in total. The van der Waals surface area contributed by atoms with Gasteiger partial charge in [0.2, 0.25) is 15.9 Å². The fraction of sp³-hybridized carbons (Fsp3) is 0.111. The smallest absolute Gasteiger partial charge is 0.228 e. The van der Waals surface area contributed by atoms with Crippen molar-refractivity contribution < 1.29 is 17.9 Å². The van der Waals surface area contributed by atoms with Gasteiger partial charge in [0.1, 0.15) is 5.75 Å². The van der Waals surface area contributed by atoms with Gasteiger partial charge < -0.3 is 19.8 Å². The van der Waals surface area contributed by atoms with E-state index < -0.39 is 10.0 Å². The van der Waals surface area contributed by atoms with Crippen molar-refractivity contribution in [1.82, 2.24) is 4.98 Å². The molecule has 1 heterocycles. The van der Waals surface area contributed by atoms with Gasteiger partial charge in [0.05, 0.1) is 18.4 Å². The summed E-state index contributed by atoms with van der Waals surface area (Å²) in [6, 6.07) is 13.1. The van der Waals surface area contributed by atoms with Crippen LogP contribution < -0.4 is 10.1 Å². The highest BCUT2D eigenvalue weighted by Crippen LogP contribution is 2.29. The van der Waals surface area contributed by atoms with E-state index in [0.717, 1.165) is 16.9 Å². The zero-order valence-corrected chi connectivity index (χ0v) is 16.0. The number of benzene rings is 2. The molecule has 0 saturated carbocycles. The van der Waals surface area contributed by atoms with E-state index in [9.17, 15) is 13.2 Å². The normalized spacial score (nSPS) is 11.0. The molecule has 0 unspecified atom stereocenters. The Morgan fingerprint density at radius 3 is 2.59 bits per heavy atom. The van der Waals surface area contributed by atoms with E-state index in [-0.39, 0.29) is 22.4 Å². The number of thiazole rings is 1. The van der Waals surface area contributed by atoms with Crippen LogP contribution in [0.2, 0.25) is 0 Å². The van der Waals surface area contributed by atoms with Crippen molar-refractivity contribution >= 4 is 38.1 Å². The standard InChI is InChI=1S/C18H17N3O4S2/c1-25-16-5-3-2-4-13(16)12-17(22)20-14-6-8-15(9-7-14)27(23,24)21-18-19-10-11-26-18/h2-11H,12H2,1H3,(H2,19,20,21,22)/p-1. The molecule has 0 bridgehead atoms. The Balaban J connectivity index is 1.66. The number of aromatic nitrogens is 1. The van der Waals surface area contributed by atoms with Crippen molar-refractivity contribution in [2.45, 2.75) is 11.3 Å². The van der Waals surface area contributed by atoms with Crippen LogP contribution in [0.15, 0.2) is 65.0 Å². The number of anilines is 1. The summed E-state index contributed by atoms with van der Waals surface area (Å²) in [6.07, 6.45) is 1.63. The minimum atomic E-state index is -3.84. The van der Waals surface area contributed by atoms with Crippen LogP contribution >= 0.6 is 11.3 Å². The topological polar surface area (TPSA) is 99.5 Å². The molecule has 0 aliphatic carbocycles. The maximum absolute atomic E-state index is 12.2. The predicted octanol–water partition coefficient (Wildman–Crippen LogP) is 3.73. The van der Waals surface area contributed by atoms with Crippen molar-refractivity contribution in [1.29, 1.82) is 0 Å². The number of hydrogen-bond acceptors (Lipinski definition) is 6. The van der Waals surface area contributed by atoms with Gasteiger partial charge in [0, 0.05) is 16.4 Å². The number of nitrogens with one attached hydrogen (secondary N) is 1. The molecule has 1 N–H and O–H groups in total. The number of nitrogens with zero attached hydrogens (tertiary/aromatic N) is 2. The van der Waals surface area contributed by atoms with Gasteiger partial charge in [0.25, 0.3) is 0 Å². The number of carbonyl (C=O) groups is 1. The SMILES string of the molecule is COc1ccccc1CC(=O)Nc1ccc(S(=O)(=O)[N-]c2nccs2)cc1. The molecule has 0 aliphatic heterocycles. The summed E-state index contributed by atoms with van der Waals surface area (Å²) in [6.45, 7) is 0. The number of rotatable bonds is 7. The quantitative estimate of drug-likeness (QED) is 0.649. The van der Waals surface area contributed by atoms with Crippen LogP contribution in [0.5, 0.6) is 5.75 Å². The maximum atomic E-state index is 12.2. The van der Waals surface area contributed by atoms with Gasteiger partial charge in [-0.3, -0.25) is 4.79 Å². The molecule has 140 valence electrons. The molecular formula is C18H16N3O4S2-. The molecule has 2 aromatic carbocycles. The van der Waals surface area contributed by atoms with E-state index in [2.05, 4.69) is 15.0 Å². The van der Waals surface area contributed by atoms with Crippen LogP contribution in [0, 0.1) is 0 Å². The van der Waals surface area contributed by atoms with Crippen LogP contribution in [0.1, 0.15) is 5.56 Å². The molecule has 0 fully saturated rings. The lowest BCUT2D eigenvalue weighted by Gasteiger charge is -2.12. The molecule has 9 heteroatoms. The molecular weight excluding hydrogens is 386 g/mol. The average Bonchev–Trinajstić information content (AvgIpc) is 3.15. The van der Waals surface area contributed by atoms with Crippen molar-refractivity contribution in [3.8, 4) is 5.75 Å². The summed E-state index contributed by atoms with van der Waals surface area (Å²) in [5.74, 6) is 0.403. The second kappa shape index (κ2) is 8.19. The lowest BCUT2D eigenvalue weighted by Crippen LogP contribution is -2.15. The van der Waals surface area contributed by atoms with Crippen molar-refractivity contribution in [2.24, 2.45) is 0 Å². The number of para-hydroxylation sites is 1. The second-order valence-electron chi connectivity index (χ2n) is 5.44. The van der Waals surface area contributed by atoms with Crippen LogP contribution in [0.3, 0.4) is 0 Å². The zero-order chi connectivity index (χ0) is 19.3. The molecule has 0 atom stereocenters. The number of hydrogen-bond donors (Lipinski definition) is 1. The lowest BCUT2D eigenvalue weighted by atomic mass is 10.1. The van der Waals surface area contributed by atoms with Crippen LogP contribution in [0.4, 0.5) is 10.8 Å². The summed E-state index contributed by atoms with van der Waals surface area (Å²) in [7, 11) is -2.29. The first kappa shape index (κ1) is 18.9. The third-order valence-corrected chi connectivity index (χ3v) is 5.66. The summed E-state index contributed by atoms with van der Waals surface area (Å²) < 4.78 is 33.4. The average molecular weight is 402 g/mol. The highest BCUT2D eigenvalue weighted by Gasteiger charge is 2.12. The number of sulfonamides is 1. The monoisotopic (exact) mass is 402 g/mol. The van der Waals surface area contributed by atoms with Crippen LogP contribution in [0.25, 0.3) is 4.72 Å². The van der Waals surface area contributed by atoms with Gasteiger partial charge >= 0.3 is 0 Å². The van der Waals surface area contributed by atoms with Gasteiger partial charge in [0.15, 0.2) is 0 Å². The molecule has 0 aliphatic rings. The second-order valence-corrected chi connectivity index (χ2v) is 7.92. The van der Waals surface area contributed by atoms with E-state index in [1.807, 2.05) is 18.2 Å².